The monoisotopic (exact) mass is 291 g/mol. The Balaban J connectivity index is 1.94. The van der Waals surface area contributed by atoms with Crippen LogP contribution in [0, 0.1) is 0 Å². The minimum absolute atomic E-state index is 0.447. The van der Waals surface area contributed by atoms with Crippen LogP contribution in [-0.2, 0) is 7.05 Å². The van der Waals surface area contributed by atoms with Crippen molar-refractivity contribution in [3.8, 4) is 11.3 Å². The van der Waals surface area contributed by atoms with Gasteiger partial charge in [-0.3, -0.25) is 14.6 Å². The number of carbonyl (C=O) groups is 1. The highest BCUT2D eigenvalue weighted by atomic mass is 16.1. The van der Waals surface area contributed by atoms with Crippen LogP contribution in [0.5, 0.6) is 0 Å². The largest absolute Gasteiger partial charge is 0.366 e. The molecule has 0 saturated carbocycles. The first-order valence-corrected chi connectivity index (χ1v) is 6.83. The highest BCUT2D eigenvalue weighted by Crippen LogP contribution is 2.29. The van der Waals surface area contributed by atoms with Gasteiger partial charge < -0.3 is 5.73 Å². The Morgan fingerprint density at radius 1 is 1.23 bits per heavy atom. The van der Waals surface area contributed by atoms with Crippen molar-refractivity contribution in [3.05, 3.63) is 48.2 Å². The van der Waals surface area contributed by atoms with E-state index in [-0.39, 0.29) is 0 Å². The Kier molecular flexibility index (Phi) is 2.53. The zero-order valence-electron chi connectivity index (χ0n) is 11.9. The molecule has 0 aliphatic carbocycles. The highest BCUT2D eigenvalue weighted by molar-refractivity contribution is 6.01. The number of amides is 1. The molecular formula is C16H13N5O. The lowest BCUT2D eigenvalue weighted by molar-refractivity contribution is 0.100. The summed E-state index contributed by atoms with van der Waals surface area (Å²) in [6.45, 7) is 0. The molecule has 0 aliphatic rings. The number of aromatic nitrogens is 4. The van der Waals surface area contributed by atoms with Gasteiger partial charge in [-0.15, -0.1) is 0 Å². The fourth-order valence-electron chi connectivity index (χ4n) is 2.68. The highest BCUT2D eigenvalue weighted by Gasteiger charge is 2.11. The van der Waals surface area contributed by atoms with E-state index >= 15 is 0 Å². The van der Waals surface area contributed by atoms with Crippen molar-refractivity contribution in [2.45, 2.75) is 0 Å². The Morgan fingerprint density at radius 3 is 2.91 bits per heavy atom. The molecule has 0 fully saturated rings. The molecule has 108 valence electrons. The molecule has 2 aromatic carbocycles. The van der Waals surface area contributed by atoms with E-state index in [1.54, 1.807) is 16.8 Å². The van der Waals surface area contributed by atoms with Crippen molar-refractivity contribution in [1.82, 2.24) is 20.0 Å². The van der Waals surface area contributed by atoms with Gasteiger partial charge in [0, 0.05) is 35.1 Å². The normalized spacial score (nSPS) is 11.3. The minimum atomic E-state index is -0.447. The van der Waals surface area contributed by atoms with Gasteiger partial charge in [-0.2, -0.15) is 10.2 Å². The lowest BCUT2D eigenvalue weighted by atomic mass is 10.0. The van der Waals surface area contributed by atoms with E-state index in [1.807, 2.05) is 37.5 Å². The van der Waals surface area contributed by atoms with Gasteiger partial charge in [0.25, 0.3) is 0 Å². The van der Waals surface area contributed by atoms with E-state index in [0.717, 1.165) is 33.1 Å². The fourth-order valence-corrected chi connectivity index (χ4v) is 2.68. The zero-order valence-corrected chi connectivity index (χ0v) is 11.9. The van der Waals surface area contributed by atoms with Gasteiger partial charge in [-0.1, -0.05) is 6.07 Å². The van der Waals surface area contributed by atoms with Crippen molar-refractivity contribution in [2.24, 2.45) is 12.8 Å². The summed E-state index contributed by atoms with van der Waals surface area (Å²) in [6, 6.07) is 11.2. The lowest BCUT2D eigenvalue weighted by Gasteiger charge is -2.00. The molecule has 0 atom stereocenters. The predicted octanol–water partition coefficient (Wildman–Crippen LogP) is 2.22. The number of aromatic amines is 1. The van der Waals surface area contributed by atoms with Gasteiger partial charge in [0.2, 0.25) is 5.91 Å². The van der Waals surface area contributed by atoms with Crippen LogP contribution in [0.3, 0.4) is 0 Å². The van der Waals surface area contributed by atoms with Crippen LogP contribution in [0.4, 0.5) is 0 Å². The molecule has 0 aliphatic heterocycles. The lowest BCUT2D eigenvalue weighted by Crippen LogP contribution is -2.10. The number of fused-ring (bicyclic) bond motifs is 2. The average molecular weight is 291 g/mol. The number of primary amides is 1. The summed E-state index contributed by atoms with van der Waals surface area (Å²) in [7, 11) is 1.89. The van der Waals surface area contributed by atoms with Crippen molar-refractivity contribution in [2.75, 3.05) is 0 Å². The Morgan fingerprint density at radius 2 is 2.09 bits per heavy atom. The number of rotatable bonds is 2. The number of aryl methyl sites for hydroxylation is 1. The van der Waals surface area contributed by atoms with Crippen molar-refractivity contribution in [3.63, 3.8) is 0 Å². The van der Waals surface area contributed by atoms with E-state index in [0.29, 0.717) is 5.56 Å². The second-order valence-electron chi connectivity index (χ2n) is 5.27. The third kappa shape index (κ3) is 1.85. The van der Waals surface area contributed by atoms with Gasteiger partial charge in [0.15, 0.2) is 0 Å². The summed E-state index contributed by atoms with van der Waals surface area (Å²) in [5.41, 5.74) is 9.39. The van der Waals surface area contributed by atoms with Crippen molar-refractivity contribution < 1.29 is 4.79 Å². The van der Waals surface area contributed by atoms with Crippen LogP contribution in [-0.4, -0.2) is 25.9 Å². The standard InChI is InChI=1S/C16H13N5O/c1-21-8-11-6-9(2-4-13(11)20-21)15-12-7-10(16(17)22)3-5-14(12)18-19-15/h2-8H,1H3,(H2,17,22)(H,18,19). The summed E-state index contributed by atoms with van der Waals surface area (Å²) in [6.07, 6.45) is 1.96. The maximum atomic E-state index is 11.4. The number of nitrogens with one attached hydrogen (secondary N) is 1. The van der Waals surface area contributed by atoms with Crippen LogP contribution in [0.25, 0.3) is 33.1 Å². The summed E-state index contributed by atoms with van der Waals surface area (Å²) in [5, 5.41) is 13.6. The minimum Gasteiger partial charge on any atom is -0.366 e. The van der Waals surface area contributed by atoms with E-state index in [9.17, 15) is 4.79 Å². The number of hydrogen-bond donors (Lipinski definition) is 2. The van der Waals surface area contributed by atoms with Crippen LogP contribution >= 0.6 is 0 Å². The third-order valence-electron chi connectivity index (χ3n) is 3.74. The van der Waals surface area contributed by atoms with E-state index in [2.05, 4.69) is 15.3 Å². The topological polar surface area (TPSA) is 89.6 Å². The molecule has 22 heavy (non-hydrogen) atoms. The predicted molar refractivity (Wildman–Crippen MR) is 84.3 cm³/mol. The molecule has 0 saturated heterocycles. The van der Waals surface area contributed by atoms with Crippen molar-refractivity contribution in [1.29, 1.82) is 0 Å². The molecule has 0 spiro atoms. The molecule has 6 heteroatoms. The molecule has 2 heterocycles. The molecule has 0 unspecified atom stereocenters. The van der Waals surface area contributed by atoms with Crippen LogP contribution < -0.4 is 5.73 Å². The van der Waals surface area contributed by atoms with E-state index in [1.165, 1.54) is 0 Å². The van der Waals surface area contributed by atoms with Gasteiger partial charge in [-0.05, 0) is 30.3 Å². The number of hydrogen-bond acceptors (Lipinski definition) is 3. The van der Waals surface area contributed by atoms with Crippen LogP contribution in [0.1, 0.15) is 10.4 Å². The van der Waals surface area contributed by atoms with Crippen LogP contribution in [0.2, 0.25) is 0 Å². The molecule has 3 N–H and O–H groups in total. The second-order valence-corrected chi connectivity index (χ2v) is 5.27. The van der Waals surface area contributed by atoms with Crippen molar-refractivity contribution >= 4 is 27.7 Å². The Bertz CT molecular complexity index is 1030. The van der Waals surface area contributed by atoms with Gasteiger partial charge in [0.1, 0.15) is 0 Å². The molecule has 0 radical (unpaired) electrons. The first-order valence-electron chi connectivity index (χ1n) is 6.83. The maximum absolute atomic E-state index is 11.4. The number of nitrogens with two attached hydrogens (primary N) is 1. The Hall–Kier alpha value is -3.15. The number of H-pyrrole nitrogens is 1. The second kappa shape index (κ2) is 4.42. The summed E-state index contributed by atoms with van der Waals surface area (Å²) in [4.78, 5) is 11.4. The smallest absolute Gasteiger partial charge is 0.248 e. The molecule has 6 nitrogen and oxygen atoms in total. The third-order valence-corrected chi connectivity index (χ3v) is 3.74. The molecule has 1 amide bonds. The van der Waals surface area contributed by atoms with Crippen LogP contribution in [0.15, 0.2) is 42.6 Å². The number of carbonyl (C=O) groups excluding carboxylic acids is 1. The average Bonchev–Trinajstić information content (AvgIpc) is 3.07. The van der Waals surface area contributed by atoms with E-state index < -0.39 is 5.91 Å². The summed E-state index contributed by atoms with van der Waals surface area (Å²) in [5.74, 6) is -0.447. The van der Waals surface area contributed by atoms with Gasteiger partial charge in [-0.25, -0.2) is 0 Å². The maximum Gasteiger partial charge on any atom is 0.248 e. The molecule has 2 aromatic heterocycles. The zero-order chi connectivity index (χ0) is 15.3. The SMILES string of the molecule is Cn1cc2cc(-c3n[nH]c4ccc(C(N)=O)cc34)ccc2n1. The number of benzene rings is 2. The van der Waals surface area contributed by atoms with E-state index in [4.69, 9.17) is 5.73 Å². The molecule has 4 aromatic rings. The first-order chi connectivity index (χ1) is 10.6. The summed E-state index contributed by atoms with van der Waals surface area (Å²) >= 11 is 0. The molecule has 4 rings (SSSR count). The van der Waals surface area contributed by atoms with Gasteiger partial charge in [0.05, 0.1) is 16.7 Å². The summed E-state index contributed by atoms with van der Waals surface area (Å²) < 4.78 is 1.78. The Labute approximate surface area is 125 Å². The molecule has 0 bridgehead atoms. The quantitative estimate of drug-likeness (QED) is 0.593. The number of nitrogens with zero attached hydrogens (tertiary/aromatic N) is 3. The molecular weight excluding hydrogens is 278 g/mol. The fraction of sp³-hybridized carbons (Fsp3) is 0.0625. The van der Waals surface area contributed by atoms with Gasteiger partial charge >= 0.3 is 0 Å². The first kappa shape index (κ1) is 12.6.